The monoisotopic (exact) mass is 302 g/mol. The summed E-state index contributed by atoms with van der Waals surface area (Å²) < 4.78 is 0. The molecule has 1 saturated heterocycles. The summed E-state index contributed by atoms with van der Waals surface area (Å²) in [7, 11) is 1.76. The average Bonchev–Trinajstić information content (AvgIpc) is 2.80. The van der Waals surface area contributed by atoms with Crippen molar-refractivity contribution in [2.75, 3.05) is 12.8 Å². The van der Waals surface area contributed by atoms with Crippen LogP contribution >= 0.6 is 11.8 Å². The van der Waals surface area contributed by atoms with Crippen LogP contribution in [0.3, 0.4) is 0 Å². The van der Waals surface area contributed by atoms with Crippen LogP contribution in [0.1, 0.15) is 40.5 Å². The maximum atomic E-state index is 12.7. The van der Waals surface area contributed by atoms with Crippen molar-refractivity contribution in [1.29, 1.82) is 0 Å². The Balaban J connectivity index is 2.91. The van der Waals surface area contributed by atoms with Crippen LogP contribution in [0.4, 0.5) is 4.79 Å². The van der Waals surface area contributed by atoms with Gasteiger partial charge in [-0.25, -0.2) is 9.59 Å². The second-order valence-corrected chi connectivity index (χ2v) is 6.93. The van der Waals surface area contributed by atoms with Crippen LogP contribution in [0.25, 0.3) is 0 Å². The van der Waals surface area contributed by atoms with Crippen molar-refractivity contribution < 1.29 is 14.7 Å². The Morgan fingerprint density at radius 3 is 2.45 bits per heavy atom. The third-order valence-electron chi connectivity index (χ3n) is 4.01. The number of carbonyl (C=O) groups excluding carboxylic acids is 1. The van der Waals surface area contributed by atoms with Gasteiger partial charge >= 0.3 is 12.0 Å². The Hall–Kier alpha value is -0.910. The maximum absolute atomic E-state index is 12.7. The van der Waals surface area contributed by atoms with Gasteiger partial charge in [0.25, 0.3) is 0 Å². The predicted molar refractivity (Wildman–Crippen MR) is 81.9 cm³/mol. The zero-order valence-electron chi connectivity index (χ0n) is 13.0. The van der Waals surface area contributed by atoms with Gasteiger partial charge in [0.1, 0.15) is 6.04 Å². The molecule has 0 spiro atoms. The minimum Gasteiger partial charge on any atom is -0.480 e. The van der Waals surface area contributed by atoms with E-state index in [-0.39, 0.29) is 17.4 Å². The first-order valence-corrected chi connectivity index (χ1v) is 8.25. The van der Waals surface area contributed by atoms with Gasteiger partial charge in [0.05, 0.1) is 5.37 Å². The van der Waals surface area contributed by atoms with E-state index in [1.807, 2.05) is 6.92 Å². The Morgan fingerprint density at radius 1 is 1.40 bits per heavy atom. The fraction of sp³-hybridized carbons (Fsp3) is 0.857. The molecule has 0 aromatic heterocycles. The van der Waals surface area contributed by atoms with Crippen molar-refractivity contribution in [3.05, 3.63) is 0 Å². The molecule has 1 rings (SSSR count). The number of carboxylic acid groups (broad SMARTS) is 1. The lowest BCUT2D eigenvalue weighted by Gasteiger charge is -2.35. The van der Waals surface area contributed by atoms with Crippen LogP contribution in [-0.2, 0) is 4.79 Å². The predicted octanol–water partition coefficient (Wildman–Crippen LogP) is 2.71. The SMILES string of the molecule is CCCC1SCC(C(=O)O)N1C(=O)N(C)C(C)C(C)C. The number of urea groups is 1. The van der Waals surface area contributed by atoms with Gasteiger partial charge in [0.2, 0.25) is 0 Å². The molecule has 3 atom stereocenters. The lowest BCUT2D eigenvalue weighted by atomic mass is 10.1. The molecule has 0 aromatic carbocycles. The third kappa shape index (κ3) is 3.59. The zero-order valence-corrected chi connectivity index (χ0v) is 13.8. The van der Waals surface area contributed by atoms with Crippen molar-refractivity contribution in [2.45, 2.75) is 58.0 Å². The normalized spacial score (nSPS) is 24.0. The van der Waals surface area contributed by atoms with Crippen LogP contribution in [0, 0.1) is 5.92 Å². The van der Waals surface area contributed by atoms with Gasteiger partial charge in [-0.3, -0.25) is 4.90 Å². The van der Waals surface area contributed by atoms with Crippen LogP contribution in [0.15, 0.2) is 0 Å². The smallest absolute Gasteiger partial charge is 0.327 e. The first-order valence-electron chi connectivity index (χ1n) is 7.20. The van der Waals surface area contributed by atoms with Gasteiger partial charge in [0, 0.05) is 18.8 Å². The Labute approximate surface area is 125 Å². The molecular formula is C14H26N2O3S. The minimum atomic E-state index is -0.907. The molecular weight excluding hydrogens is 276 g/mol. The number of hydrogen-bond acceptors (Lipinski definition) is 3. The van der Waals surface area contributed by atoms with Gasteiger partial charge in [-0.15, -0.1) is 11.8 Å². The zero-order chi connectivity index (χ0) is 15.4. The molecule has 20 heavy (non-hydrogen) atoms. The van der Waals surface area contributed by atoms with E-state index in [2.05, 4.69) is 20.8 Å². The lowest BCUT2D eigenvalue weighted by Crippen LogP contribution is -2.53. The van der Waals surface area contributed by atoms with Crippen LogP contribution in [0.2, 0.25) is 0 Å². The number of aliphatic carboxylic acids is 1. The summed E-state index contributed by atoms with van der Waals surface area (Å²) in [5.41, 5.74) is 0. The number of nitrogens with zero attached hydrogens (tertiary/aromatic N) is 2. The average molecular weight is 302 g/mol. The second-order valence-electron chi connectivity index (χ2n) is 5.72. The van der Waals surface area contributed by atoms with E-state index in [0.717, 1.165) is 12.8 Å². The number of rotatable bonds is 5. The highest BCUT2D eigenvalue weighted by molar-refractivity contribution is 8.00. The molecule has 5 nitrogen and oxygen atoms in total. The number of amides is 2. The van der Waals surface area contributed by atoms with Gasteiger partial charge in [-0.2, -0.15) is 0 Å². The molecule has 0 bridgehead atoms. The third-order valence-corrected chi connectivity index (χ3v) is 5.37. The van der Waals surface area contributed by atoms with Crippen LogP contribution in [0.5, 0.6) is 0 Å². The van der Waals surface area contributed by atoms with Crippen molar-refractivity contribution in [1.82, 2.24) is 9.80 Å². The molecule has 2 amide bonds. The summed E-state index contributed by atoms with van der Waals surface area (Å²) in [5.74, 6) is -0.0857. The largest absolute Gasteiger partial charge is 0.480 e. The van der Waals surface area contributed by atoms with Gasteiger partial charge in [-0.1, -0.05) is 27.2 Å². The number of carbonyl (C=O) groups is 2. The van der Waals surface area contributed by atoms with E-state index >= 15 is 0 Å². The number of hydrogen-bond donors (Lipinski definition) is 1. The summed E-state index contributed by atoms with van der Waals surface area (Å²) in [6.07, 6.45) is 1.78. The molecule has 1 heterocycles. The Kier molecular flexibility index (Phi) is 6.17. The lowest BCUT2D eigenvalue weighted by molar-refractivity contribution is -0.141. The topological polar surface area (TPSA) is 60.9 Å². The molecule has 0 radical (unpaired) electrons. The summed E-state index contributed by atoms with van der Waals surface area (Å²) in [6, 6.07) is -0.780. The first-order chi connectivity index (χ1) is 9.31. The first kappa shape index (κ1) is 17.1. The van der Waals surface area contributed by atoms with E-state index in [1.54, 1.807) is 28.6 Å². The van der Waals surface area contributed by atoms with E-state index in [4.69, 9.17) is 0 Å². The highest BCUT2D eigenvalue weighted by atomic mass is 32.2. The summed E-state index contributed by atoms with van der Waals surface area (Å²) in [6.45, 7) is 8.17. The van der Waals surface area contributed by atoms with Crippen molar-refractivity contribution in [2.24, 2.45) is 5.92 Å². The number of thioether (sulfide) groups is 1. The van der Waals surface area contributed by atoms with E-state index < -0.39 is 12.0 Å². The fourth-order valence-electron chi connectivity index (χ4n) is 2.28. The molecule has 0 aromatic rings. The second kappa shape index (κ2) is 7.20. The van der Waals surface area contributed by atoms with Gasteiger partial charge in [0.15, 0.2) is 0 Å². The number of carboxylic acids is 1. The molecule has 0 aliphatic carbocycles. The van der Waals surface area contributed by atoms with E-state index in [9.17, 15) is 14.7 Å². The van der Waals surface area contributed by atoms with Crippen molar-refractivity contribution in [3.8, 4) is 0 Å². The maximum Gasteiger partial charge on any atom is 0.327 e. The highest BCUT2D eigenvalue weighted by Crippen LogP contribution is 2.33. The molecule has 1 aliphatic rings. The summed E-state index contributed by atoms with van der Waals surface area (Å²) in [4.78, 5) is 27.3. The quantitative estimate of drug-likeness (QED) is 0.848. The Morgan fingerprint density at radius 2 is 2.00 bits per heavy atom. The van der Waals surface area contributed by atoms with Crippen molar-refractivity contribution >= 4 is 23.8 Å². The minimum absolute atomic E-state index is 0.0181. The molecule has 116 valence electrons. The van der Waals surface area contributed by atoms with Crippen LogP contribution < -0.4 is 0 Å². The standard InChI is InChI=1S/C14H26N2O3S/c1-6-7-12-16(11(8-20-12)13(17)18)14(19)15(5)10(4)9(2)3/h9-12H,6-8H2,1-5H3,(H,17,18). The highest BCUT2D eigenvalue weighted by Gasteiger charge is 2.42. The molecule has 6 heteroatoms. The summed E-state index contributed by atoms with van der Waals surface area (Å²) in [5, 5.41) is 9.30. The van der Waals surface area contributed by atoms with Crippen LogP contribution in [-0.4, -0.2) is 57.2 Å². The van der Waals surface area contributed by atoms with E-state index in [1.165, 1.54) is 0 Å². The molecule has 1 N–H and O–H groups in total. The fourth-order valence-corrected chi connectivity index (χ4v) is 3.79. The van der Waals surface area contributed by atoms with Gasteiger partial charge < -0.3 is 10.0 Å². The molecule has 3 unspecified atom stereocenters. The Bertz CT molecular complexity index is 362. The molecule has 1 fully saturated rings. The molecule has 0 saturated carbocycles. The molecule has 1 aliphatic heterocycles. The van der Waals surface area contributed by atoms with E-state index in [0.29, 0.717) is 11.7 Å². The van der Waals surface area contributed by atoms with Crippen molar-refractivity contribution in [3.63, 3.8) is 0 Å². The van der Waals surface area contributed by atoms with Gasteiger partial charge in [-0.05, 0) is 19.3 Å². The summed E-state index contributed by atoms with van der Waals surface area (Å²) >= 11 is 1.57.